The molecule has 3 aromatic rings. The van der Waals surface area contributed by atoms with Crippen LogP contribution in [0.15, 0.2) is 66.7 Å². The maximum atomic E-state index is 13.6. The summed E-state index contributed by atoms with van der Waals surface area (Å²) in [5.41, 5.74) is -0.167. The van der Waals surface area contributed by atoms with Gasteiger partial charge in [-0.1, -0.05) is 48.5 Å². The van der Waals surface area contributed by atoms with Crippen LogP contribution >= 0.6 is 0 Å². The highest BCUT2D eigenvalue weighted by Gasteiger charge is 2.36. The van der Waals surface area contributed by atoms with E-state index in [0.717, 1.165) is 15.7 Å². The molecule has 0 saturated heterocycles. The van der Waals surface area contributed by atoms with Crippen LogP contribution in [-0.2, 0) is 14.3 Å². The number of carbonyl (C=O) groups is 3. The third kappa shape index (κ3) is 6.98. The van der Waals surface area contributed by atoms with Gasteiger partial charge in [-0.2, -0.15) is 5.26 Å². The number of rotatable bonds is 7. The SMILES string of the molecule is CC(NC(=O)OC(C)(C)C)C(=O)N(CC#N)C(C(=O)Nc1ccc2ccccc2c1)c1ccccc1O. The molecule has 0 aliphatic rings. The van der Waals surface area contributed by atoms with Gasteiger partial charge in [0, 0.05) is 11.3 Å². The fourth-order valence-electron chi connectivity index (χ4n) is 3.81. The lowest BCUT2D eigenvalue weighted by molar-refractivity contribution is -0.139. The van der Waals surface area contributed by atoms with Gasteiger partial charge in [0.2, 0.25) is 5.91 Å². The lowest BCUT2D eigenvalue weighted by Crippen LogP contribution is -2.51. The van der Waals surface area contributed by atoms with Crippen molar-refractivity contribution in [3.63, 3.8) is 0 Å². The third-order valence-corrected chi connectivity index (χ3v) is 5.44. The molecular formula is C28H30N4O5. The molecule has 3 N–H and O–H groups in total. The van der Waals surface area contributed by atoms with Crippen molar-refractivity contribution in [1.82, 2.24) is 10.2 Å². The number of amides is 3. The van der Waals surface area contributed by atoms with Crippen molar-refractivity contribution in [1.29, 1.82) is 5.26 Å². The highest BCUT2D eigenvalue weighted by atomic mass is 16.6. The average molecular weight is 503 g/mol. The minimum atomic E-state index is -1.36. The largest absolute Gasteiger partial charge is 0.508 e. The van der Waals surface area contributed by atoms with E-state index in [-0.39, 0.29) is 11.3 Å². The van der Waals surface area contributed by atoms with Crippen LogP contribution in [0, 0.1) is 11.3 Å². The smallest absolute Gasteiger partial charge is 0.408 e. The van der Waals surface area contributed by atoms with Crippen LogP contribution in [0.1, 0.15) is 39.3 Å². The first-order valence-corrected chi connectivity index (χ1v) is 11.7. The molecule has 2 unspecified atom stereocenters. The molecule has 0 aromatic heterocycles. The second-order valence-corrected chi connectivity index (χ2v) is 9.50. The Morgan fingerprint density at radius 3 is 2.32 bits per heavy atom. The van der Waals surface area contributed by atoms with Crippen molar-refractivity contribution in [2.24, 2.45) is 0 Å². The van der Waals surface area contributed by atoms with E-state index in [4.69, 9.17) is 4.74 Å². The molecule has 9 heteroatoms. The van der Waals surface area contributed by atoms with Crippen molar-refractivity contribution in [2.75, 3.05) is 11.9 Å². The Morgan fingerprint density at radius 2 is 1.68 bits per heavy atom. The molecule has 0 aliphatic carbocycles. The van der Waals surface area contributed by atoms with Gasteiger partial charge in [-0.15, -0.1) is 0 Å². The van der Waals surface area contributed by atoms with Crippen LogP contribution < -0.4 is 10.6 Å². The third-order valence-electron chi connectivity index (χ3n) is 5.44. The van der Waals surface area contributed by atoms with Crippen LogP contribution in [0.3, 0.4) is 0 Å². The molecule has 0 spiro atoms. The van der Waals surface area contributed by atoms with E-state index in [1.165, 1.54) is 19.1 Å². The minimum absolute atomic E-state index is 0.133. The molecule has 2 atom stereocenters. The van der Waals surface area contributed by atoms with Gasteiger partial charge in [0.1, 0.15) is 30.0 Å². The molecule has 3 rings (SSSR count). The first kappa shape index (κ1) is 27.0. The van der Waals surface area contributed by atoms with Gasteiger partial charge in [0.05, 0.1) is 6.07 Å². The van der Waals surface area contributed by atoms with Gasteiger partial charge < -0.3 is 25.4 Å². The van der Waals surface area contributed by atoms with Crippen molar-refractivity contribution < 1.29 is 24.2 Å². The van der Waals surface area contributed by atoms with Crippen LogP contribution in [0.25, 0.3) is 10.8 Å². The number of phenols is 1. The quantitative estimate of drug-likeness (QED) is 0.408. The average Bonchev–Trinajstić information content (AvgIpc) is 2.83. The van der Waals surface area contributed by atoms with Crippen LogP contribution in [-0.4, -0.2) is 46.1 Å². The van der Waals surface area contributed by atoms with E-state index in [9.17, 15) is 24.8 Å². The monoisotopic (exact) mass is 502 g/mol. The number of nitrogens with one attached hydrogen (secondary N) is 2. The topological polar surface area (TPSA) is 132 Å². The first-order valence-electron chi connectivity index (χ1n) is 11.7. The second-order valence-electron chi connectivity index (χ2n) is 9.50. The number of anilines is 1. The Balaban J connectivity index is 1.95. The summed E-state index contributed by atoms with van der Waals surface area (Å²) >= 11 is 0. The number of fused-ring (bicyclic) bond motifs is 1. The minimum Gasteiger partial charge on any atom is -0.508 e. The van der Waals surface area contributed by atoms with Crippen molar-refractivity contribution in [3.8, 4) is 11.8 Å². The maximum Gasteiger partial charge on any atom is 0.408 e. The lowest BCUT2D eigenvalue weighted by atomic mass is 10.0. The number of phenolic OH excluding ortho intramolecular Hbond substituents is 1. The summed E-state index contributed by atoms with van der Waals surface area (Å²) in [4.78, 5) is 40.3. The molecule has 0 aliphatic heterocycles. The number of aromatic hydroxyl groups is 1. The summed E-state index contributed by atoms with van der Waals surface area (Å²) in [7, 11) is 0. The van der Waals surface area contributed by atoms with Gasteiger partial charge in [-0.05, 0) is 56.7 Å². The van der Waals surface area contributed by atoms with E-state index in [0.29, 0.717) is 5.69 Å². The second kappa shape index (κ2) is 11.4. The summed E-state index contributed by atoms with van der Waals surface area (Å²) in [6.45, 7) is 6.02. The molecule has 3 aromatic carbocycles. The zero-order valence-electron chi connectivity index (χ0n) is 21.2. The standard InChI is InChI=1S/C28H30N4O5/c1-18(30-27(36)37-28(2,3)4)26(35)32(16-15-29)24(22-11-7-8-12-23(22)33)25(34)31-21-14-13-19-9-5-6-10-20(19)17-21/h5-14,17-18,24,33H,16H2,1-4H3,(H,30,36)(H,31,34). The van der Waals surface area contributed by atoms with Crippen LogP contribution in [0.2, 0.25) is 0 Å². The van der Waals surface area contributed by atoms with Gasteiger partial charge in [0.15, 0.2) is 0 Å². The Hall–Kier alpha value is -4.58. The maximum absolute atomic E-state index is 13.6. The van der Waals surface area contributed by atoms with E-state index in [2.05, 4.69) is 10.6 Å². The molecular weight excluding hydrogens is 472 g/mol. The predicted molar refractivity (Wildman–Crippen MR) is 140 cm³/mol. The summed E-state index contributed by atoms with van der Waals surface area (Å²) in [6.07, 6.45) is -0.815. The molecule has 0 radical (unpaired) electrons. The molecule has 0 saturated carbocycles. The van der Waals surface area contributed by atoms with Gasteiger partial charge >= 0.3 is 6.09 Å². The highest BCUT2D eigenvalue weighted by Crippen LogP contribution is 2.31. The Bertz CT molecular complexity index is 1340. The van der Waals surface area contributed by atoms with Crippen molar-refractivity contribution in [2.45, 2.75) is 45.4 Å². The summed E-state index contributed by atoms with van der Waals surface area (Å²) in [5, 5.41) is 27.2. The van der Waals surface area contributed by atoms with E-state index in [1.807, 2.05) is 36.4 Å². The molecule has 0 heterocycles. The zero-order valence-corrected chi connectivity index (χ0v) is 21.2. The number of nitrogens with zero attached hydrogens (tertiary/aromatic N) is 2. The van der Waals surface area contributed by atoms with Gasteiger partial charge in [-0.3, -0.25) is 9.59 Å². The molecule has 192 valence electrons. The highest BCUT2D eigenvalue weighted by molar-refractivity contribution is 6.00. The zero-order chi connectivity index (χ0) is 27.2. The number of nitriles is 1. The lowest BCUT2D eigenvalue weighted by Gasteiger charge is -2.32. The van der Waals surface area contributed by atoms with E-state index < -0.39 is 42.1 Å². The first-order chi connectivity index (χ1) is 17.5. The molecule has 3 amide bonds. The number of para-hydroxylation sites is 1. The predicted octanol–water partition coefficient (Wildman–Crippen LogP) is 4.49. The van der Waals surface area contributed by atoms with Crippen molar-refractivity contribution >= 4 is 34.4 Å². The Morgan fingerprint density at radius 1 is 1.03 bits per heavy atom. The van der Waals surface area contributed by atoms with Crippen LogP contribution in [0.5, 0.6) is 5.75 Å². The number of carbonyl (C=O) groups excluding carboxylic acids is 3. The Kier molecular flexibility index (Phi) is 8.35. The normalized spacial score (nSPS) is 12.6. The van der Waals surface area contributed by atoms with Gasteiger partial charge in [0.25, 0.3) is 5.91 Å². The van der Waals surface area contributed by atoms with E-state index in [1.54, 1.807) is 45.0 Å². The molecule has 37 heavy (non-hydrogen) atoms. The summed E-state index contributed by atoms with van der Waals surface area (Å²) in [5.74, 6) is -1.55. The van der Waals surface area contributed by atoms with Crippen molar-refractivity contribution in [3.05, 3.63) is 72.3 Å². The van der Waals surface area contributed by atoms with Crippen LogP contribution in [0.4, 0.5) is 10.5 Å². The van der Waals surface area contributed by atoms with Gasteiger partial charge in [-0.25, -0.2) is 4.79 Å². The summed E-state index contributed by atoms with van der Waals surface area (Å²) < 4.78 is 5.22. The fraction of sp³-hybridized carbons (Fsp3) is 0.286. The number of alkyl carbamates (subject to hydrolysis) is 1. The summed E-state index contributed by atoms with van der Waals surface area (Å²) in [6, 6.07) is 18.5. The van der Waals surface area contributed by atoms with E-state index >= 15 is 0 Å². The molecule has 0 fully saturated rings. The number of hydrogen-bond acceptors (Lipinski definition) is 6. The number of ether oxygens (including phenoxy) is 1. The molecule has 0 bridgehead atoms. The molecule has 9 nitrogen and oxygen atoms in total. The number of hydrogen-bond donors (Lipinski definition) is 3. The fourth-order valence-corrected chi connectivity index (χ4v) is 3.81. The Labute approximate surface area is 215 Å². The number of benzene rings is 3.